The van der Waals surface area contributed by atoms with Crippen LogP contribution < -0.4 is 0 Å². The molecule has 1 fully saturated rings. The molecule has 0 saturated heterocycles. The van der Waals surface area contributed by atoms with E-state index in [1.165, 1.54) is 0 Å². The summed E-state index contributed by atoms with van der Waals surface area (Å²) in [4.78, 5) is 11.4. The lowest BCUT2D eigenvalue weighted by Gasteiger charge is -2.28. The standard InChI is InChI=1S/C13H16F6O3/c1-7(9(20)8-5-3-2-4-6-8)10(21)22-11(12(14,15)16)13(17,18)19/h8-9,11,20H,1-6H2/t9-/m1/s1. The zero-order valence-electron chi connectivity index (χ0n) is 11.5. The third-order valence-corrected chi connectivity index (χ3v) is 3.54. The molecule has 1 aliphatic carbocycles. The maximum absolute atomic E-state index is 12.3. The van der Waals surface area contributed by atoms with E-state index in [-0.39, 0.29) is 0 Å². The van der Waals surface area contributed by atoms with Gasteiger partial charge in [-0.1, -0.05) is 25.8 Å². The van der Waals surface area contributed by atoms with Gasteiger partial charge in [0, 0.05) is 0 Å². The molecule has 1 saturated carbocycles. The van der Waals surface area contributed by atoms with Crippen molar-refractivity contribution in [3.8, 4) is 0 Å². The molecule has 0 heterocycles. The Hall–Kier alpha value is -1.25. The third kappa shape index (κ3) is 4.89. The molecule has 22 heavy (non-hydrogen) atoms. The number of aliphatic hydroxyl groups excluding tert-OH is 1. The summed E-state index contributed by atoms with van der Waals surface area (Å²) in [5.41, 5.74) is -0.787. The fourth-order valence-electron chi connectivity index (χ4n) is 2.36. The number of hydrogen-bond acceptors (Lipinski definition) is 3. The van der Waals surface area contributed by atoms with E-state index in [1.807, 2.05) is 0 Å². The minimum absolute atomic E-state index is 0.413. The van der Waals surface area contributed by atoms with E-state index in [2.05, 4.69) is 11.3 Å². The zero-order chi connectivity index (χ0) is 17.1. The van der Waals surface area contributed by atoms with Crippen molar-refractivity contribution in [1.82, 2.24) is 0 Å². The normalized spacial score (nSPS) is 19.1. The van der Waals surface area contributed by atoms with Crippen molar-refractivity contribution in [1.29, 1.82) is 0 Å². The Morgan fingerprint density at radius 2 is 1.50 bits per heavy atom. The van der Waals surface area contributed by atoms with Crippen molar-refractivity contribution in [2.24, 2.45) is 5.92 Å². The van der Waals surface area contributed by atoms with E-state index in [0.717, 1.165) is 19.3 Å². The SMILES string of the molecule is C=C(C(=O)OC(C(F)(F)F)C(F)(F)F)[C@@H](O)C1CCCCC1. The molecular formula is C13H16F6O3. The highest BCUT2D eigenvalue weighted by atomic mass is 19.4. The predicted octanol–water partition coefficient (Wildman–Crippen LogP) is 3.52. The molecule has 0 bridgehead atoms. The molecule has 0 aromatic heterocycles. The van der Waals surface area contributed by atoms with Crippen LogP contribution in [0.5, 0.6) is 0 Å². The Morgan fingerprint density at radius 1 is 1.05 bits per heavy atom. The van der Waals surface area contributed by atoms with Crippen LogP contribution >= 0.6 is 0 Å². The summed E-state index contributed by atoms with van der Waals surface area (Å²) < 4.78 is 77.3. The maximum Gasteiger partial charge on any atom is 0.434 e. The number of carbonyl (C=O) groups is 1. The Morgan fingerprint density at radius 3 is 1.91 bits per heavy atom. The van der Waals surface area contributed by atoms with Crippen LogP contribution in [0.4, 0.5) is 26.3 Å². The first-order valence-corrected chi connectivity index (χ1v) is 6.66. The van der Waals surface area contributed by atoms with Gasteiger partial charge in [0.25, 0.3) is 6.10 Å². The Bertz CT molecular complexity index is 395. The highest BCUT2D eigenvalue weighted by molar-refractivity contribution is 5.89. The summed E-state index contributed by atoms with van der Waals surface area (Å²) in [6, 6.07) is 0. The monoisotopic (exact) mass is 334 g/mol. The van der Waals surface area contributed by atoms with Gasteiger partial charge in [0.1, 0.15) is 0 Å². The largest absolute Gasteiger partial charge is 0.439 e. The lowest BCUT2D eigenvalue weighted by molar-refractivity contribution is -0.312. The molecule has 1 atom stereocenters. The minimum atomic E-state index is -5.79. The first-order valence-electron chi connectivity index (χ1n) is 6.66. The van der Waals surface area contributed by atoms with Crippen molar-refractivity contribution in [2.75, 3.05) is 0 Å². The topological polar surface area (TPSA) is 46.5 Å². The van der Waals surface area contributed by atoms with Crippen molar-refractivity contribution in [3.63, 3.8) is 0 Å². The van der Waals surface area contributed by atoms with Crippen LogP contribution in [0, 0.1) is 5.92 Å². The molecule has 0 radical (unpaired) electrons. The van der Waals surface area contributed by atoms with Crippen LogP contribution in [0.2, 0.25) is 0 Å². The third-order valence-electron chi connectivity index (χ3n) is 3.54. The second-order valence-corrected chi connectivity index (χ2v) is 5.24. The van der Waals surface area contributed by atoms with E-state index in [4.69, 9.17) is 0 Å². The van der Waals surface area contributed by atoms with Crippen molar-refractivity contribution in [3.05, 3.63) is 12.2 Å². The summed E-state index contributed by atoms with van der Waals surface area (Å²) in [6.45, 7) is 3.09. The van der Waals surface area contributed by atoms with Crippen LogP contribution in [0.25, 0.3) is 0 Å². The van der Waals surface area contributed by atoms with Crippen molar-refractivity contribution >= 4 is 5.97 Å². The molecule has 0 aliphatic heterocycles. The van der Waals surface area contributed by atoms with Gasteiger partial charge in [-0.2, -0.15) is 26.3 Å². The number of hydrogen-bond donors (Lipinski definition) is 1. The number of halogens is 6. The number of rotatable bonds is 4. The molecule has 0 spiro atoms. The van der Waals surface area contributed by atoms with Crippen LogP contribution in [-0.4, -0.2) is 35.6 Å². The summed E-state index contributed by atoms with van der Waals surface area (Å²) in [6.07, 6.45) is -13.8. The van der Waals surface area contributed by atoms with E-state index < -0.39 is 42.0 Å². The van der Waals surface area contributed by atoms with Crippen LogP contribution in [0.1, 0.15) is 32.1 Å². The number of esters is 1. The Balaban J connectivity index is 2.75. The fourth-order valence-corrected chi connectivity index (χ4v) is 2.36. The zero-order valence-corrected chi connectivity index (χ0v) is 11.5. The number of carbonyl (C=O) groups excluding carboxylic acids is 1. The van der Waals surface area contributed by atoms with Crippen molar-refractivity contribution < 1.29 is 41.0 Å². The van der Waals surface area contributed by atoms with Gasteiger partial charge < -0.3 is 9.84 Å². The van der Waals surface area contributed by atoms with E-state index >= 15 is 0 Å². The molecule has 0 aromatic carbocycles. The molecular weight excluding hydrogens is 318 g/mol. The molecule has 9 heteroatoms. The second kappa shape index (κ2) is 6.89. The molecule has 1 aliphatic rings. The molecule has 128 valence electrons. The van der Waals surface area contributed by atoms with Gasteiger partial charge in [-0.25, -0.2) is 4.79 Å². The van der Waals surface area contributed by atoms with E-state index in [9.17, 15) is 36.2 Å². The lowest BCUT2D eigenvalue weighted by Crippen LogP contribution is -2.46. The molecule has 0 amide bonds. The lowest BCUT2D eigenvalue weighted by atomic mass is 9.83. The average Bonchev–Trinajstić information content (AvgIpc) is 2.41. The van der Waals surface area contributed by atoms with Crippen molar-refractivity contribution in [2.45, 2.75) is 56.7 Å². The summed E-state index contributed by atoms with van der Waals surface area (Å²) >= 11 is 0. The molecule has 1 rings (SSSR count). The van der Waals surface area contributed by atoms with Gasteiger partial charge in [0.05, 0.1) is 11.7 Å². The highest BCUT2D eigenvalue weighted by Crippen LogP contribution is 2.37. The molecule has 0 aromatic rings. The van der Waals surface area contributed by atoms with E-state index in [1.54, 1.807) is 0 Å². The van der Waals surface area contributed by atoms with Crippen LogP contribution in [0.3, 0.4) is 0 Å². The quantitative estimate of drug-likeness (QED) is 0.486. The van der Waals surface area contributed by atoms with Gasteiger partial charge >= 0.3 is 18.3 Å². The summed E-state index contributed by atoms with van der Waals surface area (Å²) in [5.74, 6) is -2.30. The number of aliphatic hydroxyl groups is 1. The number of ether oxygens (including phenoxy) is 1. The van der Waals surface area contributed by atoms with Gasteiger partial charge in [0.15, 0.2) is 0 Å². The highest BCUT2D eigenvalue weighted by Gasteiger charge is 2.60. The first kappa shape index (κ1) is 18.8. The molecule has 1 N–H and O–H groups in total. The smallest absolute Gasteiger partial charge is 0.434 e. The second-order valence-electron chi connectivity index (χ2n) is 5.24. The minimum Gasteiger partial charge on any atom is -0.439 e. The average molecular weight is 334 g/mol. The Labute approximate surface area is 122 Å². The fraction of sp³-hybridized carbons (Fsp3) is 0.769. The first-order chi connectivity index (χ1) is 9.94. The summed E-state index contributed by atoms with van der Waals surface area (Å²) in [5, 5.41) is 9.87. The van der Waals surface area contributed by atoms with E-state index in [0.29, 0.717) is 12.8 Å². The maximum atomic E-state index is 12.3. The predicted molar refractivity (Wildman–Crippen MR) is 63.7 cm³/mol. The van der Waals surface area contributed by atoms with Gasteiger partial charge in [0.2, 0.25) is 0 Å². The van der Waals surface area contributed by atoms with Gasteiger partial charge in [-0.05, 0) is 18.8 Å². The Kier molecular flexibility index (Phi) is 5.89. The van der Waals surface area contributed by atoms with Crippen LogP contribution in [-0.2, 0) is 9.53 Å². The van der Waals surface area contributed by atoms with Gasteiger partial charge in [-0.3, -0.25) is 0 Å². The summed E-state index contributed by atoms with van der Waals surface area (Å²) in [7, 11) is 0. The molecule has 3 nitrogen and oxygen atoms in total. The number of alkyl halides is 6. The van der Waals surface area contributed by atoms with Crippen LogP contribution in [0.15, 0.2) is 12.2 Å². The van der Waals surface area contributed by atoms with Gasteiger partial charge in [-0.15, -0.1) is 0 Å². The molecule has 0 unspecified atom stereocenters.